The van der Waals surface area contributed by atoms with Crippen molar-refractivity contribution in [1.29, 1.82) is 0 Å². The molecule has 1 aliphatic rings. The molecule has 29 heavy (non-hydrogen) atoms. The number of nitrogens with zero attached hydrogens (tertiary/aromatic N) is 4. The van der Waals surface area contributed by atoms with Crippen molar-refractivity contribution >= 4 is 17.7 Å². The van der Waals surface area contributed by atoms with E-state index in [-0.39, 0.29) is 0 Å². The van der Waals surface area contributed by atoms with Gasteiger partial charge in [-0.1, -0.05) is 42.1 Å². The smallest absolute Gasteiger partial charge is 0.232 e. The number of thioether (sulfide) groups is 1. The minimum atomic E-state index is 0.613. The zero-order valence-electron chi connectivity index (χ0n) is 16.9. The van der Waals surface area contributed by atoms with E-state index in [1.807, 2.05) is 12.1 Å². The van der Waals surface area contributed by atoms with E-state index in [0.29, 0.717) is 19.8 Å². The molecule has 0 amide bonds. The predicted molar refractivity (Wildman–Crippen MR) is 117 cm³/mol. The van der Waals surface area contributed by atoms with E-state index in [2.05, 4.69) is 69.9 Å². The van der Waals surface area contributed by atoms with Crippen molar-refractivity contribution in [2.45, 2.75) is 19.0 Å². The van der Waals surface area contributed by atoms with Crippen molar-refractivity contribution in [3.63, 3.8) is 0 Å². The van der Waals surface area contributed by atoms with Gasteiger partial charge in [-0.15, -0.1) is 10.2 Å². The highest BCUT2D eigenvalue weighted by Crippen LogP contribution is 2.28. The summed E-state index contributed by atoms with van der Waals surface area (Å²) in [5, 5.41) is 9.92. The Morgan fingerprint density at radius 3 is 2.66 bits per heavy atom. The fourth-order valence-corrected chi connectivity index (χ4v) is 4.10. The number of hydrogen-bond acceptors (Lipinski definition) is 6. The molecule has 1 aromatic heterocycles. The van der Waals surface area contributed by atoms with Crippen LogP contribution in [0.5, 0.6) is 5.75 Å². The third-order valence-corrected chi connectivity index (χ3v) is 5.73. The summed E-state index contributed by atoms with van der Waals surface area (Å²) in [6, 6.07) is 16.5. The van der Waals surface area contributed by atoms with Crippen LogP contribution in [0.15, 0.2) is 53.7 Å². The first-order valence-corrected chi connectivity index (χ1v) is 10.9. The molecule has 4 rings (SSSR count). The maximum atomic E-state index is 5.90. The fraction of sp³-hybridized carbons (Fsp3) is 0.364. The molecule has 1 fully saturated rings. The zero-order valence-corrected chi connectivity index (χ0v) is 17.7. The number of morpholine rings is 1. The summed E-state index contributed by atoms with van der Waals surface area (Å²) in [6.45, 7) is 7.88. The molecule has 0 spiro atoms. The standard InChI is InChI=1S/C22H26N4O2S/c1-17-6-5-8-19(16-17)28-14-15-29-22-24-23-21(25-10-12-27-13-11-25)26(22)20-9-4-3-7-18(20)2/h3-9,16H,10-15H2,1-2H3. The lowest BCUT2D eigenvalue weighted by atomic mass is 10.2. The molecule has 6 nitrogen and oxygen atoms in total. The lowest BCUT2D eigenvalue weighted by Crippen LogP contribution is -2.38. The van der Waals surface area contributed by atoms with Gasteiger partial charge >= 0.3 is 0 Å². The summed E-state index contributed by atoms with van der Waals surface area (Å²) in [4.78, 5) is 2.25. The Bertz CT molecular complexity index is 953. The van der Waals surface area contributed by atoms with Gasteiger partial charge in [0, 0.05) is 18.8 Å². The molecular weight excluding hydrogens is 384 g/mol. The fourth-order valence-electron chi connectivity index (χ4n) is 3.35. The van der Waals surface area contributed by atoms with Crippen molar-refractivity contribution < 1.29 is 9.47 Å². The number of aromatic nitrogens is 3. The van der Waals surface area contributed by atoms with Crippen LogP contribution in [0, 0.1) is 13.8 Å². The van der Waals surface area contributed by atoms with Crippen molar-refractivity contribution in [2.24, 2.45) is 0 Å². The Kier molecular flexibility index (Phi) is 6.36. The summed E-state index contributed by atoms with van der Waals surface area (Å²) in [6.07, 6.45) is 0. The van der Waals surface area contributed by atoms with Crippen LogP contribution in [-0.2, 0) is 4.74 Å². The molecule has 3 aromatic rings. The largest absolute Gasteiger partial charge is 0.493 e. The minimum Gasteiger partial charge on any atom is -0.493 e. The van der Waals surface area contributed by atoms with Gasteiger partial charge < -0.3 is 14.4 Å². The predicted octanol–water partition coefficient (Wildman–Crippen LogP) is 3.89. The summed E-state index contributed by atoms with van der Waals surface area (Å²) < 4.78 is 13.6. The van der Waals surface area contributed by atoms with E-state index in [0.717, 1.165) is 41.4 Å². The average molecular weight is 411 g/mol. The second-order valence-corrected chi connectivity index (χ2v) is 8.08. The van der Waals surface area contributed by atoms with E-state index < -0.39 is 0 Å². The van der Waals surface area contributed by atoms with Gasteiger partial charge in [0.25, 0.3) is 0 Å². The molecule has 152 valence electrons. The molecule has 0 aliphatic carbocycles. The molecule has 0 unspecified atom stereocenters. The number of rotatable bonds is 7. The van der Waals surface area contributed by atoms with E-state index >= 15 is 0 Å². The third kappa shape index (κ3) is 4.74. The third-order valence-electron chi connectivity index (χ3n) is 4.84. The highest BCUT2D eigenvalue weighted by molar-refractivity contribution is 7.99. The number of ether oxygens (including phenoxy) is 2. The Hall–Kier alpha value is -2.51. The Balaban J connectivity index is 1.51. The lowest BCUT2D eigenvalue weighted by Gasteiger charge is -2.28. The lowest BCUT2D eigenvalue weighted by molar-refractivity contribution is 0.122. The molecule has 7 heteroatoms. The van der Waals surface area contributed by atoms with E-state index in [4.69, 9.17) is 9.47 Å². The minimum absolute atomic E-state index is 0.613. The number of anilines is 1. The molecule has 1 saturated heterocycles. The van der Waals surface area contributed by atoms with Gasteiger partial charge in [0.15, 0.2) is 5.16 Å². The maximum Gasteiger partial charge on any atom is 0.232 e. The average Bonchev–Trinajstić information content (AvgIpc) is 3.16. The molecule has 0 bridgehead atoms. The topological polar surface area (TPSA) is 52.4 Å². The molecule has 0 saturated carbocycles. The normalized spacial score (nSPS) is 14.2. The highest BCUT2D eigenvalue weighted by Gasteiger charge is 2.22. The van der Waals surface area contributed by atoms with Crippen LogP contribution < -0.4 is 9.64 Å². The summed E-state index contributed by atoms with van der Waals surface area (Å²) >= 11 is 1.67. The first kappa shape index (κ1) is 19.8. The number of benzene rings is 2. The SMILES string of the molecule is Cc1cccc(OCCSc2nnc(N3CCOCC3)n2-c2ccccc2C)c1. The Morgan fingerprint density at radius 1 is 1.03 bits per heavy atom. The van der Waals surface area contributed by atoms with E-state index in [1.54, 1.807) is 11.8 Å². The van der Waals surface area contributed by atoms with Crippen molar-refractivity contribution in [3.8, 4) is 11.4 Å². The highest BCUT2D eigenvalue weighted by atomic mass is 32.2. The Morgan fingerprint density at radius 2 is 1.86 bits per heavy atom. The number of aryl methyl sites for hydroxylation is 2. The molecular formula is C22H26N4O2S. The molecule has 2 heterocycles. The zero-order chi connectivity index (χ0) is 20.1. The van der Waals surface area contributed by atoms with Crippen LogP contribution in [0.2, 0.25) is 0 Å². The van der Waals surface area contributed by atoms with Crippen LogP contribution in [0.1, 0.15) is 11.1 Å². The molecule has 0 atom stereocenters. The quantitative estimate of drug-likeness (QED) is 0.435. The van der Waals surface area contributed by atoms with Gasteiger partial charge in [-0.3, -0.25) is 4.57 Å². The van der Waals surface area contributed by atoms with Crippen LogP contribution in [0.25, 0.3) is 5.69 Å². The van der Waals surface area contributed by atoms with Gasteiger partial charge in [-0.25, -0.2) is 0 Å². The monoisotopic (exact) mass is 410 g/mol. The first-order valence-electron chi connectivity index (χ1n) is 9.89. The van der Waals surface area contributed by atoms with Gasteiger partial charge in [0.2, 0.25) is 5.95 Å². The van der Waals surface area contributed by atoms with Crippen LogP contribution in [0.3, 0.4) is 0 Å². The number of para-hydroxylation sites is 1. The van der Waals surface area contributed by atoms with Crippen molar-refractivity contribution in [2.75, 3.05) is 43.6 Å². The van der Waals surface area contributed by atoms with Crippen LogP contribution in [0.4, 0.5) is 5.95 Å². The number of hydrogen-bond donors (Lipinski definition) is 0. The molecule has 0 N–H and O–H groups in total. The maximum absolute atomic E-state index is 5.90. The van der Waals surface area contributed by atoms with Gasteiger partial charge in [0.1, 0.15) is 5.75 Å². The van der Waals surface area contributed by atoms with Crippen LogP contribution >= 0.6 is 11.8 Å². The van der Waals surface area contributed by atoms with Gasteiger partial charge in [0.05, 0.1) is 25.5 Å². The summed E-state index contributed by atoms with van der Waals surface area (Å²) in [5.41, 5.74) is 3.50. The summed E-state index contributed by atoms with van der Waals surface area (Å²) in [5.74, 6) is 2.57. The second-order valence-electron chi connectivity index (χ2n) is 7.02. The van der Waals surface area contributed by atoms with E-state index in [9.17, 15) is 0 Å². The first-order chi connectivity index (χ1) is 14.2. The molecule has 0 radical (unpaired) electrons. The van der Waals surface area contributed by atoms with Gasteiger partial charge in [-0.05, 0) is 43.2 Å². The van der Waals surface area contributed by atoms with Crippen molar-refractivity contribution in [1.82, 2.24) is 14.8 Å². The van der Waals surface area contributed by atoms with Crippen LogP contribution in [-0.4, -0.2) is 53.4 Å². The second kappa shape index (κ2) is 9.33. The van der Waals surface area contributed by atoms with Gasteiger partial charge in [-0.2, -0.15) is 0 Å². The molecule has 2 aromatic carbocycles. The summed E-state index contributed by atoms with van der Waals surface area (Å²) in [7, 11) is 0. The molecule has 1 aliphatic heterocycles. The van der Waals surface area contributed by atoms with Crippen molar-refractivity contribution in [3.05, 3.63) is 59.7 Å². The Labute approximate surface area is 175 Å². The van der Waals surface area contributed by atoms with E-state index in [1.165, 1.54) is 11.1 Å².